The summed E-state index contributed by atoms with van der Waals surface area (Å²) < 4.78 is 2.52. The van der Waals surface area contributed by atoms with E-state index in [0.717, 1.165) is 23.0 Å². The predicted molar refractivity (Wildman–Crippen MR) is 99.5 cm³/mol. The van der Waals surface area contributed by atoms with Gasteiger partial charge in [-0.15, -0.1) is 0 Å². The molecule has 0 aliphatic carbocycles. The number of nitrogens with one attached hydrogen (secondary N) is 1. The molecule has 0 saturated carbocycles. The second-order valence-electron chi connectivity index (χ2n) is 6.74. The SMILES string of the molecule is Cc1ccc(NC(=O)[C@@H]2CCCN(c3cc(=O)n(C)c(=O)n3C)C2)nc1. The van der Waals surface area contributed by atoms with Crippen molar-refractivity contribution in [1.29, 1.82) is 0 Å². The normalized spacial score (nSPS) is 17.2. The summed E-state index contributed by atoms with van der Waals surface area (Å²) in [6.07, 6.45) is 3.27. The first kappa shape index (κ1) is 17.9. The number of aromatic nitrogens is 3. The topological polar surface area (TPSA) is 89.2 Å². The summed E-state index contributed by atoms with van der Waals surface area (Å²) >= 11 is 0. The molecule has 3 heterocycles. The Bertz CT molecular complexity index is 929. The van der Waals surface area contributed by atoms with E-state index in [1.165, 1.54) is 17.7 Å². The van der Waals surface area contributed by atoms with E-state index in [-0.39, 0.29) is 23.1 Å². The van der Waals surface area contributed by atoms with Gasteiger partial charge in [-0.3, -0.25) is 18.7 Å². The summed E-state index contributed by atoms with van der Waals surface area (Å²) in [6.45, 7) is 3.09. The molecule has 1 aliphatic rings. The third-order valence-electron chi connectivity index (χ3n) is 4.78. The second-order valence-corrected chi connectivity index (χ2v) is 6.74. The fraction of sp³-hybridized carbons (Fsp3) is 0.444. The third-order valence-corrected chi connectivity index (χ3v) is 4.78. The van der Waals surface area contributed by atoms with Crippen LogP contribution < -0.4 is 21.5 Å². The van der Waals surface area contributed by atoms with Crippen molar-refractivity contribution < 1.29 is 4.79 Å². The van der Waals surface area contributed by atoms with Crippen LogP contribution in [0, 0.1) is 12.8 Å². The summed E-state index contributed by atoms with van der Waals surface area (Å²) in [5.41, 5.74) is 0.305. The van der Waals surface area contributed by atoms with Crippen molar-refractivity contribution in [3.05, 3.63) is 50.8 Å². The molecular formula is C18H23N5O3. The van der Waals surface area contributed by atoms with Crippen LogP contribution in [0.4, 0.5) is 11.6 Å². The Kier molecular flexibility index (Phi) is 4.92. The highest BCUT2D eigenvalue weighted by Gasteiger charge is 2.27. The van der Waals surface area contributed by atoms with E-state index in [2.05, 4.69) is 10.3 Å². The van der Waals surface area contributed by atoms with Crippen LogP contribution in [0.25, 0.3) is 0 Å². The van der Waals surface area contributed by atoms with Crippen LogP contribution in [0.5, 0.6) is 0 Å². The maximum atomic E-state index is 12.6. The molecule has 1 amide bonds. The van der Waals surface area contributed by atoms with Gasteiger partial charge in [-0.05, 0) is 31.4 Å². The zero-order chi connectivity index (χ0) is 18.8. The Labute approximate surface area is 151 Å². The van der Waals surface area contributed by atoms with Crippen molar-refractivity contribution in [1.82, 2.24) is 14.1 Å². The number of carbonyl (C=O) groups excluding carboxylic acids is 1. The minimum Gasteiger partial charge on any atom is -0.357 e. The van der Waals surface area contributed by atoms with Crippen LogP contribution >= 0.6 is 0 Å². The highest BCUT2D eigenvalue weighted by molar-refractivity contribution is 5.92. The zero-order valence-corrected chi connectivity index (χ0v) is 15.2. The smallest absolute Gasteiger partial charge is 0.332 e. The van der Waals surface area contributed by atoms with Gasteiger partial charge in [0.1, 0.15) is 11.6 Å². The second kappa shape index (κ2) is 7.15. The molecule has 0 bridgehead atoms. The standard InChI is InChI=1S/C18H23N5O3/c1-12-6-7-14(19-10-12)20-17(25)13-5-4-8-23(11-13)15-9-16(24)22(3)18(26)21(15)2/h6-7,9-10,13H,4-5,8,11H2,1-3H3,(H,19,20,25)/t13-/m1/s1. The maximum absolute atomic E-state index is 12.6. The number of hydrogen-bond acceptors (Lipinski definition) is 5. The van der Waals surface area contributed by atoms with Crippen molar-refractivity contribution in [2.75, 3.05) is 23.3 Å². The summed E-state index contributed by atoms with van der Waals surface area (Å²) in [4.78, 5) is 42.8. The van der Waals surface area contributed by atoms with Gasteiger partial charge in [0.2, 0.25) is 5.91 Å². The van der Waals surface area contributed by atoms with Gasteiger partial charge in [-0.1, -0.05) is 6.07 Å². The molecule has 0 radical (unpaired) electrons. The number of aryl methyl sites for hydroxylation is 1. The lowest BCUT2D eigenvalue weighted by atomic mass is 9.97. The number of amides is 1. The summed E-state index contributed by atoms with van der Waals surface area (Å²) in [7, 11) is 3.09. The van der Waals surface area contributed by atoms with Crippen molar-refractivity contribution in [3.8, 4) is 0 Å². The average molecular weight is 357 g/mol. The molecule has 2 aromatic rings. The van der Waals surface area contributed by atoms with Crippen LogP contribution in [0.2, 0.25) is 0 Å². The Morgan fingerprint density at radius 1 is 1.23 bits per heavy atom. The molecule has 3 rings (SSSR count). The number of carbonyl (C=O) groups is 1. The van der Waals surface area contributed by atoms with Gasteiger partial charge in [0.25, 0.3) is 5.56 Å². The van der Waals surface area contributed by atoms with Gasteiger partial charge in [0, 0.05) is 39.4 Å². The number of hydrogen-bond donors (Lipinski definition) is 1. The molecular weight excluding hydrogens is 334 g/mol. The van der Waals surface area contributed by atoms with Crippen LogP contribution in [-0.2, 0) is 18.9 Å². The Morgan fingerprint density at radius 3 is 2.69 bits per heavy atom. The van der Waals surface area contributed by atoms with Gasteiger partial charge < -0.3 is 10.2 Å². The highest BCUT2D eigenvalue weighted by atomic mass is 16.2. The van der Waals surface area contributed by atoms with E-state index in [0.29, 0.717) is 24.7 Å². The average Bonchev–Trinajstić information content (AvgIpc) is 2.65. The Balaban J connectivity index is 1.77. The lowest BCUT2D eigenvalue weighted by Gasteiger charge is -2.34. The van der Waals surface area contributed by atoms with E-state index in [1.807, 2.05) is 17.9 Å². The summed E-state index contributed by atoms with van der Waals surface area (Å²) in [5, 5.41) is 2.85. The lowest BCUT2D eigenvalue weighted by Crippen LogP contribution is -2.45. The molecule has 138 valence electrons. The number of nitrogens with zero attached hydrogens (tertiary/aromatic N) is 4. The van der Waals surface area contributed by atoms with Crippen molar-refractivity contribution in [3.63, 3.8) is 0 Å². The minimum absolute atomic E-state index is 0.0973. The van der Waals surface area contributed by atoms with Crippen LogP contribution in [0.1, 0.15) is 18.4 Å². The van der Waals surface area contributed by atoms with Crippen molar-refractivity contribution in [2.24, 2.45) is 20.0 Å². The molecule has 26 heavy (non-hydrogen) atoms. The lowest BCUT2D eigenvalue weighted by molar-refractivity contribution is -0.120. The molecule has 1 aliphatic heterocycles. The van der Waals surface area contributed by atoms with E-state index in [1.54, 1.807) is 19.3 Å². The number of pyridine rings is 1. The largest absolute Gasteiger partial charge is 0.357 e. The molecule has 0 spiro atoms. The zero-order valence-electron chi connectivity index (χ0n) is 15.2. The number of piperidine rings is 1. The van der Waals surface area contributed by atoms with E-state index < -0.39 is 0 Å². The molecule has 1 N–H and O–H groups in total. The van der Waals surface area contributed by atoms with Crippen LogP contribution in [0.3, 0.4) is 0 Å². The van der Waals surface area contributed by atoms with Gasteiger partial charge in [-0.2, -0.15) is 0 Å². The van der Waals surface area contributed by atoms with Crippen LogP contribution in [-0.4, -0.2) is 33.1 Å². The highest BCUT2D eigenvalue weighted by Crippen LogP contribution is 2.22. The molecule has 8 heteroatoms. The molecule has 0 unspecified atom stereocenters. The number of anilines is 2. The van der Waals surface area contributed by atoms with Crippen molar-refractivity contribution >= 4 is 17.5 Å². The molecule has 1 saturated heterocycles. The molecule has 8 nitrogen and oxygen atoms in total. The number of rotatable bonds is 3. The Hall–Kier alpha value is -2.90. The van der Waals surface area contributed by atoms with Gasteiger partial charge in [0.05, 0.1) is 5.92 Å². The maximum Gasteiger partial charge on any atom is 0.332 e. The first-order valence-electron chi connectivity index (χ1n) is 8.62. The van der Waals surface area contributed by atoms with Gasteiger partial charge in [-0.25, -0.2) is 9.78 Å². The van der Waals surface area contributed by atoms with Crippen LogP contribution in [0.15, 0.2) is 34.0 Å². The van der Waals surface area contributed by atoms with Crippen molar-refractivity contribution in [2.45, 2.75) is 19.8 Å². The quantitative estimate of drug-likeness (QED) is 0.871. The van der Waals surface area contributed by atoms with E-state index >= 15 is 0 Å². The fourth-order valence-electron chi connectivity index (χ4n) is 3.19. The molecule has 0 aromatic carbocycles. The first-order chi connectivity index (χ1) is 12.4. The van der Waals surface area contributed by atoms with E-state index in [9.17, 15) is 14.4 Å². The molecule has 1 atom stereocenters. The molecule has 1 fully saturated rings. The molecule has 2 aromatic heterocycles. The Morgan fingerprint density at radius 2 is 2.00 bits per heavy atom. The third kappa shape index (κ3) is 3.54. The first-order valence-corrected chi connectivity index (χ1v) is 8.62. The van der Waals surface area contributed by atoms with Gasteiger partial charge >= 0.3 is 5.69 Å². The van der Waals surface area contributed by atoms with E-state index in [4.69, 9.17) is 0 Å². The fourth-order valence-corrected chi connectivity index (χ4v) is 3.19. The monoisotopic (exact) mass is 357 g/mol. The minimum atomic E-state index is -0.372. The summed E-state index contributed by atoms with van der Waals surface area (Å²) in [5.74, 6) is 0.744. The predicted octanol–water partition coefficient (Wildman–Crippen LogP) is 0.643. The summed E-state index contributed by atoms with van der Waals surface area (Å²) in [6, 6.07) is 5.12. The van der Waals surface area contributed by atoms with Gasteiger partial charge in [0.15, 0.2) is 0 Å².